The molecule has 1 aromatic carbocycles. The predicted molar refractivity (Wildman–Crippen MR) is 61.4 cm³/mol. The van der Waals surface area contributed by atoms with Crippen molar-refractivity contribution in [1.29, 1.82) is 0 Å². The molecule has 6 heteroatoms. The third-order valence-corrected chi connectivity index (χ3v) is 1.34. The van der Waals surface area contributed by atoms with Gasteiger partial charge in [0.1, 0.15) is 6.29 Å². The van der Waals surface area contributed by atoms with Crippen molar-refractivity contribution in [2.45, 2.75) is 4.30 Å². The second-order valence-electron chi connectivity index (χ2n) is 2.30. The van der Waals surface area contributed by atoms with Gasteiger partial charge in [-0.15, -0.1) is 0 Å². The molecule has 0 saturated carbocycles. The van der Waals surface area contributed by atoms with Crippen molar-refractivity contribution in [3.8, 4) is 11.5 Å². The van der Waals surface area contributed by atoms with E-state index in [1.54, 1.807) is 0 Å². The van der Waals surface area contributed by atoms with Crippen LogP contribution < -0.4 is 4.74 Å². The van der Waals surface area contributed by atoms with Crippen LogP contribution in [-0.4, -0.2) is 22.8 Å². The number of rotatable bonds is 2. The second kappa shape index (κ2) is 7.63. The maximum atomic E-state index is 10.2. The number of methoxy groups -OCH3 is 1. The van der Waals surface area contributed by atoms with Crippen molar-refractivity contribution in [2.75, 3.05) is 7.11 Å². The maximum Gasteiger partial charge on any atom is 0.180 e. The van der Waals surface area contributed by atoms with Crippen LogP contribution in [0.3, 0.4) is 0 Å². The van der Waals surface area contributed by atoms with Crippen LogP contribution in [0.15, 0.2) is 18.2 Å². The first-order chi connectivity index (χ1) is 7.01. The first-order valence-electron chi connectivity index (χ1n) is 3.75. The Kier molecular flexibility index (Phi) is 7.30. The van der Waals surface area contributed by atoms with Gasteiger partial charge in [-0.25, -0.2) is 0 Å². The van der Waals surface area contributed by atoms with Crippen molar-refractivity contribution in [2.24, 2.45) is 0 Å². The largest absolute Gasteiger partial charge is 0.504 e. The van der Waals surface area contributed by atoms with Gasteiger partial charge in [0.15, 0.2) is 15.8 Å². The maximum absolute atomic E-state index is 10.2. The molecule has 0 aliphatic heterocycles. The van der Waals surface area contributed by atoms with Crippen LogP contribution in [-0.2, 0) is 0 Å². The van der Waals surface area contributed by atoms with Crippen LogP contribution in [0.2, 0.25) is 0 Å². The number of ether oxygens (including phenoxy) is 1. The zero-order valence-electron chi connectivity index (χ0n) is 7.78. The summed E-state index contributed by atoms with van der Waals surface area (Å²) in [6.45, 7) is 0. The molecule has 3 nitrogen and oxygen atoms in total. The Balaban J connectivity index is 0.000000423. The summed E-state index contributed by atoms with van der Waals surface area (Å²) in [7, 11) is 1.43. The number of carbonyl (C=O) groups excluding carboxylic acids is 1. The summed E-state index contributed by atoms with van der Waals surface area (Å²) >= 11 is 14.4. The minimum Gasteiger partial charge on any atom is -0.504 e. The quantitative estimate of drug-likeness (QED) is 0.664. The molecular weight excluding hydrogens is 262 g/mol. The van der Waals surface area contributed by atoms with Crippen LogP contribution in [0.25, 0.3) is 0 Å². The number of aldehydes is 1. The first-order valence-corrected chi connectivity index (χ1v) is 5.06. The van der Waals surface area contributed by atoms with E-state index in [-0.39, 0.29) is 5.75 Å². The molecule has 0 aliphatic carbocycles. The monoisotopic (exact) mass is 270 g/mol. The van der Waals surface area contributed by atoms with E-state index in [0.717, 1.165) is 0 Å². The number of phenols is 1. The lowest BCUT2D eigenvalue weighted by atomic mass is 10.2. The van der Waals surface area contributed by atoms with Gasteiger partial charge in [0.25, 0.3) is 0 Å². The fourth-order valence-electron chi connectivity index (χ4n) is 0.768. The van der Waals surface area contributed by atoms with Gasteiger partial charge in [0.2, 0.25) is 0 Å². The van der Waals surface area contributed by atoms with Gasteiger partial charge < -0.3 is 9.84 Å². The fraction of sp³-hybridized carbons (Fsp3) is 0.222. The normalized spacial score (nSPS) is 9.13. The lowest BCUT2D eigenvalue weighted by molar-refractivity contribution is 0.112. The van der Waals surface area contributed by atoms with E-state index in [9.17, 15) is 4.79 Å². The highest BCUT2D eigenvalue weighted by molar-refractivity contribution is 6.63. The van der Waals surface area contributed by atoms with Crippen LogP contribution in [0.4, 0.5) is 0 Å². The molecule has 0 unspecified atom stereocenters. The standard InChI is InChI=1S/C8H8O3.CHCl3/c1-11-8-4-6(5-9)2-3-7(8)10;2-1(3)4/h2-5,10H,1H3;1H. The predicted octanol–water partition coefficient (Wildman–Crippen LogP) is 3.20. The Hall–Kier alpha value is -0.640. The number of halogens is 3. The van der Waals surface area contributed by atoms with E-state index in [0.29, 0.717) is 17.6 Å². The molecule has 0 aliphatic rings. The summed E-state index contributed by atoms with van der Waals surface area (Å²) in [5, 5.41) is 9.09. The Labute approximate surface area is 103 Å². The number of hydrogen-bond acceptors (Lipinski definition) is 3. The second-order valence-corrected chi connectivity index (χ2v) is 4.28. The van der Waals surface area contributed by atoms with Crippen LogP contribution >= 0.6 is 34.8 Å². The van der Waals surface area contributed by atoms with Gasteiger partial charge >= 0.3 is 0 Å². The molecule has 1 rings (SSSR count). The van der Waals surface area contributed by atoms with Crippen LogP contribution in [0.5, 0.6) is 11.5 Å². The molecule has 0 heterocycles. The third-order valence-electron chi connectivity index (χ3n) is 1.34. The number of phenolic OH excluding ortho intramolecular Hbond substituents is 1. The van der Waals surface area contributed by atoms with E-state index in [4.69, 9.17) is 44.6 Å². The smallest absolute Gasteiger partial charge is 0.180 e. The van der Waals surface area contributed by atoms with Gasteiger partial charge in [-0.05, 0) is 18.2 Å². The first kappa shape index (κ1) is 14.4. The molecular formula is C9H9Cl3O3. The van der Waals surface area contributed by atoms with Crippen molar-refractivity contribution in [3.63, 3.8) is 0 Å². The van der Waals surface area contributed by atoms with Crippen LogP contribution in [0, 0.1) is 0 Å². The SMILES string of the molecule is COc1cc(C=O)ccc1O.ClC(Cl)Cl. The zero-order valence-corrected chi connectivity index (χ0v) is 10.1. The molecule has 0 spiro atoms. The summed E-state index contributed by atoms with van der Waals surface area (Å²) < 4.78 is 4.03. The van der Waals surface area contributed by atoms with Gasteiger partial charge in [0, 0.05) is 5.56 Å². The number of alkyl halides is 3. The average molecular weight is 272 g/mol. The van der Waals surface area contributed by atoms with Crippen LogP contribution in [0.1, 0.15) is 10.4 Å². The highest BCUT2D eigenvalue weighted by Gasteiger charge is 2.00. The molecule has 0 bridgehead atoms. The van der Waals surface area contributed by atoms with Gasteiger partial charge in [-0.1, -0.05) is 34.8 Å². The summed E-state index contributed by atoms with van der Waals surface area (Å²) in [6, 6.07) is 4.41. The summed E-state index contributed by atoms with van der Waals surface area (Å²) in [4.78, 5) is 10.2. The molecule has 0 aromatic heterocycles. The van der Waals surface area contributed by atoms with Gasteiger partial charge in [-0.3, -0.25) is 4.79 Å². The fourth-order valence-corrected chi connectivity index (χ4v) is 0.768. The molecule has 0 saturated heterocycles. The van der Waals surface area contributed by atoms with Crippen molar-refractivity contribution < 1.29 is 14.6 Å². The molecule has 1 aromatic rings. The molecule has 0 radical (unpaired) electrons. The van der Waals surface area contributed by atoms with E-state index in [1.807, 2.05) is 0 Å². The van der Waals surface area contributed by atoms with Crippen molar-refractivity contribution in [3.05, 3.63) is 23.8 Å². The lowest BCUT2D eigenvalue weighted by Gasteiger charge is -2.01. The molecule has 0 fully saturated rings. The average Bonchev–Trinajstić information content (AvgIpc) is 2.18. The molecule has 84 valence electrons. The Bertz CT molecular complexity index is 313. The number of carbonyl (C=O) groups is 1. The Morgan fingerprint density at radius 1 is 1.40 bits per heavy atom. The number of aromatic hydroxyl groups is 1. The third kappa shape index (κ3) is 6.44. The van der Waals surface area contributed by atoms with E-state index in [2.05, 4.69) is 0 Å². The molecule has 0 amide bonds. The summed E-state index contributed by atoms with van der Waals surface area (Å²) in [5.41, 5.74) is 0.486. The van der Waals surface area contributed by atoms with E-state index < -0.39 is 4.30 Å². The minimum absolute atomic E-state index is 0.0399. The highest BCUT2D eigenvalue weighted by atomic mass is 35.6. The topological polar surface area (TPSA) is 46.5 Å². The van der Waals surface area contributed by atoms with E-state index >= 15 is 0 Å². The highest BCUT2D eigenvalue weighted by Crippen LogP contribution is 2.25. The lowest BCUT2D eigenvalue weighted by Crippen LogP contribution is -1.85. The van der Waals surface area contributed by atoms with Crippen molar-refractivity contribution >= 4 is 41.1 Å². The molecule has 1 N–H and O–H groups in total. The van der Waals surface area contributed by atoms with E-state index in [1.165, 1.54) is 25.3 Å². The number of benzene rings is 1. The van der Waals surface area contributed by atoms with Gasteiger partial charge in [-0.2, -0.15) is 0 Å². The summed E-state index contributed by atoms with van der Waals surface area (Å²) in [5.74, 6) is 0.354. The van der Waals surface area contributed by atoms with Crippen molar-refractivity contribution in [1.82, 2.24) is 0 Å². The van der Waals surface area contributed by atoms with Gasteiger partial charge in [0.05, 0.1) is 7.11 Å². The molecule has 0 atom stereocenters. The Morgan fingerprint density at radius 2 is 1.93 bits per heavy atom. The Morgan fingerprint density at radius 3 is 2.33 bits per heavy atom. The summed E-state index contributed by atoms with van der Waals surface area (Å²) in [6.07, 6.45) is 0.696. The zero-order chi connectivity index (χ0) is 11.8. The minimum atomic E-state index is -0.750. The number of hydrogen-bond donors (Lipinski definition) is 1. The molecule has 15 heavy (non-hydrogen) atoms.